The van der Waals surface area contributed by atoms with E-state index in [9.17, 15) is 9.59 Å². The molecule has 1 saturated heterocycles. The second-order valence-corrected chi connectivity index (χ2v) is 10.7. The van der Waals surface area contributed by atoms with Crippen LogP contribution in [-0.4, -0.2) is 30.1 Å². The Balaban J connectivity index is 1.35. The first-order valence-electron chi connectivity index (χ1n) is 11.0. The van der Waals surface area contributed by atoms with E-state index in [-0.39, 0.29) is 17.0 Å². The quantitative estimate of drug-likeness (QED) is 0.520. The molecule has 0 bridgehead atoms. The number of rotatable bonds is 1. The Morgan fingerprint density at radius 2 is 1.93 bits per heavy atom. The van der Waals surface area contributed by atoms with Crippen molar-refractivity contribution >= 4 is 11.8 Å². The summed E-state index contributed by atoms with van der Waals surface area (Å²) in [5.41, 5.74) is 1.67. The summed E-state index contributed by atoms with van der Waals surface area (Å²) in [5, 5.41) is 0. The van der Waals surface area contributed by atoms with E-state index >= 15 is 0 Å². The van der Waals surface area contributed by atoms with Gasteiger partial charge >= 0.3 is 5.97 Å². The number of Topliss-reactive ketones (excluding diaryl/α,β-unsaturated/α-hetero) is 1. The Morgan fingerprint density at radius 1 is 1.07 bits per heavy atom. The molecule has 0 N–H and O–H groups in total. The fourth-order valence-electron chi connectivity index (χ4n) is 8.63. The molecule has 2 heterocycles. The number of hydrogen-bond donors (Lipinski definition) is 0. The summed E-state index contributed by atoms with van der Waals surface area (Å²) in [5.74, 6) is 2.64. The molecule has 4 nitrogen and oxygen atoms in total. The fraction of sp³-hybridized carbons (Fsp3) is 0.826. The second-order valence-electron chi connectivity index (χ2n) is 10.7. The Morgan fingerprint density at radius 3 is 2.70 bits per heavy atom. The number of carbonyl (C=O) groups is 2. The smallest absolute Gasteiger partial charge is 0.331 e. The van der Waals surface area contributed by atoms with E-state index in [4.69, 9.17) is 9.47 Å². The lowest BCUT2D eigenvalue weighted by Crippen LogP contribution is -2.58. The summed E-state index contributed by atoms with van der Waals surface area (Å²) in [7, 11) is 0. The van der Waals surface area contributed by atoms with Gasteiger partial charge in [0.15, 0.2) is 0 Å². The van der Waals surface area contributed by atoms with Gasteiger partial charge in [-0.2, -0.15) is 0 Å². The van der Waals surface area contributed by atoms with Crippen molar-refractivity contribution in [1.82, 2.24) is 0 Å². The van der Waals surface area contributed by atoms with Gasteiger partial charge in [0.2, 0.25) is 0 Å². The molecule has 4 heteroatoms. The molecule has 4 aliphatic carbocycles. The third-order valence-electron chi connectivity index (χ3n) is 10.0. The molecular formula is C23H30O4. The lowest BCUT2D eigenvalue weighted by Gasteiger charge is -2.60. The molecule has 146 valence electrons. The van der Waals surface area contributed by atoms with Gasteiger partial charge in [0.25, 0.3) is 0 Å². The third-order valence-corrected chi connectivity index (χ3v) is 10.0. The van der Waals surface area contributed by atoms with Crippen LogP contribution in [0.15, 0.2) is 11.6 Å². The second kappa shape index (κ2) is 5.06. The van der Waals surface area contributed by atoms with Gasteiger partial charge in [-0.05, 0) is 73.2 Å². The van der Waals surface area contributed by atoms with Crippen LogP contribution in [0.25, 0.3) is 0 Å². The molecule has 4 saturated carbocycles. The zero-order valence-corrected chi connectivity index (χ0v) is 16.5. The van der Waals surface area contributed by atoms with E-state index in [1.807, 2.05) is 0 Å². The van der Waals surface area contributed by atoms with Crippen LogP contribution in [0.2, 0.25) is 0 Å². The molecule has 0 radical (unpaired) electrons. The standard InChI is InChI=1S/C23H30O4/c1-21-7-5-15(24)10-14(21)3-4-17-16(21)6-8-22(2)18(11-19-23(17,22)27-19)13-9-20(25)26-12-13/h9,14,16-19H,3-8,10-12H2,1-2H3/t14-,16+,17-,18-,19-,21+,22-,23-/m1/s1. The van der Waals surface area contributed by atoms with Crippen molar-refractivity contribution in [3.8, 4) is 0 Å². The first kappa shape index (κ1) is 16.8. The van der Waals surface area contributed by atoms with Crippen LogP contribution in [-0.2, 0) is 19.1 Å². The number of ketones is 1. The fourth-order valence-corrected chi connectivity index (χ4v) is 8.63. The van der Waals surface area contributed by atoms with Crippen molar-refractivity contribution in [3.63, 3.8) is 0 Å². The number of esters is 1. The molecule has 0 aromatic carbocycles. The minimum absolute atomic E-state index is 0.0164. The Bertz CT molecular complexity index is 770. The van der Waals surface area contributed by atoms with E-state index in [1.165, 1.54) is 31.3 Å². The van der Waals surface area contributed by atoms with E-state index in [0.29, 0.717) is 47.6 Å². The average Bonchev–Trinajstić information content (AvgIpc) is 3.09. The highest BCUT2D eigenvalue weighted by atomic mass is 16.6. The zero-order chi connectivity index (χ0) is 18.6. The maximum absolute atomic E-state index is 12.1. The van der Waals surface area contributed by atoms with Crippen LogP contribution >= 0.6 is 0 Å². The molecule has 1 spiro atoms. The molecule has 0 amide bonds. The topological polar surface area (TPSA) is 55.9 Å². The predicted octanol–water partition coefficient (Wildman–Crippen LogP) is 3.83. The van der Waals surface area contributed by atoms with Crippen LogP contribution in [0, 0.1) is 34.5 Å². The normalized spacial score (nSPS) is 55.8. The molecule has 27 heavy (non-hydrogen) atoms. The molecule has 0 aromatic heterocycles. The minimum Gasteiger partial charge on any atom is -0.458 e. The largest absolute Gasteiger partial charge is 0.458 e. The monoisotopic (exact) mass is 370 g/mol. The van der Waals surface area contributed by atoms with Gasteiger partial charge in [-0.25, -0.2) is 4.79 Å². The number of cyclic esters (lactones) is 1. The van der Waals surface area contributed by atoms with Crippen molar-refractivity contribution in [1.29, 1.82) is 0 Å². The number of carbonyl (C=O) groups excluding carboxylic acids is 2. The predicted molar refractivity (Wildman–Crippen MR) is 98.8 cm³/mol. The lowest BCUT2D eigenvalue weighted by atomic mass is 9.44. The summed E-state index contributed by atoms with van der Waals surface area (Å²) in [6.45, 7) is 5.40. The maximum atomic E-state index is 12.1. The molecule has 0 unspecified atom stereocenters. The SMILES string of the molecule is C[C@]12CCC(=O)C[C@H]1CC[C@@H]1[C@@H]2CC[C@]2(C)[C@@H](C3=CC(=O)OC3)C[C@H]3O[C@]132. The Hall–Kier alpha value is -1.16. The van der Waals surface area contributed by atoms with Gasteiger partial charge in [0, 0.05) is 24.3 Å². The number of epoxide rings is 1. The van der Waals surface area contributed by atoms with Crippen molar-refractivity contribution in [2.75, 3.05) is 6.61 Å². The third kappa shape index (κ3) is 1.89. The summed E-state index contributed by atoms with van der Waals surface area (Å²) in [4.78, 5) is 23.7. The van der Waals surface area contributed by atoms with Crippen molar-refractivity contribution in [2.45, 2.75) is 76.9 Å². The average molecular weight is 370 g/mol. The lowest BCUT2D eigenvalue weighted by molar-refractivity contribution is -0.146. The number of fused-ring (bicyclic) bond motifs is 3. The van der Waals surface area contributed by atoms with Gasteiger partial charge in [-0.15, -0.1) is 0 Å². The summed E-state index contributed by atoms with van der Waals surface area (Å²) in [6, 6.07) is 0. The number of hydrogen-bond acceptors (Lipinski definition) is 4. The molecular weight excluding hydrogens is 340 g/mol. The van der Waals surface area contributed by atoms with Crippen LogP contribution in [0.3, 0.4) is 0 Å². The molecule has 8 atom stereocenters. The minimum atomic E-state index is -0.169. The summed E-state index contributed by atoms with van der Waals surface area (Å²) in [6.07, 6.45) is 10.7. The molecule has 6 aliphatic rings. The van der Waals surface area contributed by atoms with Crippen molar-refractivity contribution in [3.05, 3.63) is 11.6 Å². The van der Waals surface area contributed by atoms with Gasteiger partial charge in [0.05, 0.1) is 6.10 Å². The first-order valence-corrected chi connectivity index (χ1v) is 11.0. The van der Waals surface area contributed by atoms with Crippen LogP contribution in [0.1, 0.15) is 65.2 Å². The van der Waals surface area contributed by atoms with E-state index in [0.717, 1.165) is 25.7 Å². The summed E-state index contributed by atoms with van der Waals surface area (Å²) >= 11 is 0. The van der Waals surface area contributed by atoms with E-state index in [2.05, 4.69) is 13.8 Å². The first-order chi connectivity index (χ1) is 12.9. The van der Waals surface area contributed by atoms with Gasteiger partial charge in [-0.3, -0.25) is 4.79 Å². The van der Waals surface area contributed by atoms with Crippen LogP contribution < -0.4 is 0 Å². The van der Waals surface area contributed by atoms with Gasteiger partial charge in [0.1, 0.15) is 18.0 Å². The number of ether oxygens (including phenoxy) is 2. The van der Waals surface area contributed by atoms with E-state index < -0.39 is 0 Å². The Labute approximate surface area is 161 Å². The summed E-state index contributed by atoms with van der Waals surface area (Å²) < 4.78 is 11.8. The molecule has 2 aliphatic heterocycles. The van der Waals surface area contributed by atoms with Gasteiger partial charge in [-0.1, -0.05) is 13.8 Å². The highest BCUT2D eigenvalue weighted by Crippen LogP contribution is 2.77. The zero-order valence-electron chi connectivity index (χ0n) is 16.5. The van der Waals surface area contributed by atoms with Gasteiger partial charge < -0.3 is 9.47 Å². The molecule has 0 aromatic rings. The van der Waals surface area contributed by atoms with E-state index in [1.54, 1.807) is 6.08 Å². The highest BCUT2D eigenvalue weighted by Gasteiger charge is 2.80. The maximum Gasteiger partial charge on any atom is 0.331 e. The molecule has 6 rings (SSSR count). The highest BCUT2D eigenvalue weighted by molar-refractivity contribution is 5.85. The van der Waals surface area contributed by atoms with Crippen LogP contribution in [0.5, 0.6) is 0 Å². The Kier molecular flexibility index (Phi) is 3.14. The van der Waals surface area contributed by atoms with Crippen LogP contribution in [0.4, 0.5) is 0 Å². The molecule has 5 fully saturated rings. The van der Waals surface area contributed by atoms with Crippen molar-refractivity contribution < 1.29 is 19.1 Å². The van der Waals surface area contributed by atoms with Crippen molar-refractivity contribution in [2.24, 2.45) is 34.5 Å².